The second-order valence-corrected chi connectivity index (χ2v) is 2.42. The molecule has 0 atom stereocenters. The van der Waals surface area contributed by atoms with Crippen molar-refractivity contribution in [3.8, 4) is 0 Å². The molecular weight excluding hydrogens is 186 g/mol. The van der Waals surface area contributed by atoms with E-state index in [1.54, 1.807) is 0 Å². The van der Waals surface area contributed by atoms with Crippen molar-refractivity contribution in [2.75, 3.05) is 7.11 Å². The van der Waals surface area contributed by atoms with E-state index < -0.39 is 4.92 Å². The van der Waals surface area contributed by atoms with Gasteiger partial charge in [0.1, 0.15) is 0 Å². The van der Waals surface area contributed by atoms with Gasteiger partial charge in [-0.15, -0.1) is 0 Å². The Labute approximate surface area is 72.8 Å². The van der Waals surface area contributed by atoms with E-state index in [1.165, 1.54) is 18.0 Å². The smallest absolute Gasteiger partial charge is 0.360 e. The van der Waals surface area contributed by atoms with Crippen molar-refractivity contribution >= 4 is 17.4 Å². The molecule has 0 bridgehead atoms. The van der Waals surface area contributed by atoms with Crippen molar-refractivity contribution < 1.29 is 9.66 Å². The zero-order chi connectivity index (χ0) is 9.14. The van der Waals surface area contributed by atoms with E-state index in [1.807, 2.05) is 0 Å². The van der Waals surface area contributed by atoms with Crippen molar-refractivity contribution in [2.45, 2.75) is 6.73 Å². The van der Waals surface area contributed by atoms with Crippen LogP contribution in [0.1, 0.15) is 0 Å². The van der Waals surface area contributed by atoms with Crippen LogP contribution in [0, 0.1) is 10.1 Å². The van der Waals surface area contributed by atoms with Gasteiger partial charge >= 0.3 is 5.82 Å². The summed E-state index contributed by atoms with van der Waals surface area (Å²) in [4.78, 5) is 9.60. The molecule has 0 aliphatic rings. The molecule has 1 aromatic heterocycles. The molecule has 0 fully saturated rings. The van der Waals surface area contributed by atoms with E-state index >= 15 is 0 Å². The van der Waals surface area contributed by atoms with Crippen molar-refractivity contribution in [3.05, 3.63) is 21.3 Å². The number of aromatic nitrogens is 2. The number of hydrogen-bond donors (Lipinski definition) is 0. The maximum atomic E-state index is 10.2. The summed E-state index contributed by atoms with van der Waals surface area (Å²) in [7, 11) is 1.46. The quantitative estimate of drug-likeness (QED) is 0.529. The van der Waals surface area contributed by atoms with Gasteiger partial charge in [-0.05, 0) is 4.92 Å². The number of rotatable bonds is 3. The first-order chi connectivity index (χ1) is 5.65. The lowest BCUT2D eigenvalue weighted by Crippen LogP contribution is -2.00. The zero-order valence-electron chi connectivity index (χ0n) is 6.23. The Morgan fingerprint density at radius 1 is 1.92 bits per heavy atom. The Bertz CT molecular complexity index is 298. The fraction of sp³-hybridized carbons (Fsp3) is 0.400. The number of methoxy groups -OCH3 is 1. The highest BCUT2D eigenvalue weighted by atomic mass is 35.5. The Morgan fingerprint density at radius 2 is 2.58 bits per heavy atom. The summed E-state index contributed by atoms with van der Waals surface area (Å²) in [5.41, 5.74) is 0. The molecule has 0 aromatic carbocycles. The van der Waals surface area contributed by atoms with Crippen LogP contribution >= 0.6 is 11.6 Å². The standard InChI is InChI=1S/C5H6ClN3O3/c1-12-3-8-2-4(6)5(7-8)9(10)11/h2H,3H2,1H3. The molecule has 7 heteroatoms. The molecule has 0 saturated carbocycles. The fourth-order valence-electron chi connectivity index (χ4n) is 0.709. The lowest BCUT2D eigenvalue weighted by atomic mass is 10.6. The molecule has 0 spiro atoms. The lowest BCUT2D eigenvalue weighted by molar-refractivity contribution is -0.389. The van der Waals surface area contributed by atoms with Gasteiger partial charge in [0.15, 0.2) is 11.8 Å². The molecule has 12 heavy (non-hydrogen) atoms. The van der Waals surface area contributed by atoms with E-state index in [4.69, 9.17) is 16.3 Å². The van der Waals surface area contributed by atoms with E-state index in [0.29, 0.717) is 0 Å². The van der Waals surface area contributed by atoms with Gasteiger partial charge in [0, 0.05) is 7.11 Å². The molecule has 1 aromatic rings. The number of nitrogens with zero attached hydrogens (tertiary/aromatic N) is 3. The fourth-order valence-corrected chi connectivity index (χ4v) is 0.928. The third-order valence-corrected chi connectivity index (χ3v) is 1.40. The maximum Gasteiger partial charge on any atom is 0.408 e. The van der Waals surface area contributed by atoms with Gasteiger partial charge < -0.3 is 14.9 Å². The minimum Gasteiger partial charge on any atom is -0.360 e. The van der Waals surface area contributed by atoms with Crippen LogP contribution in [-0.2, 0) is 11.5 Å². The summed E-state index contributed by atoms with van der Waals surface area (Å²) < 4.78 is 5.95. The van der Waals surface area contributed by atoms with E-state index in [2.05, 4.69) is 5.10 Å². The van der Waals surface area contributed by atoms with Crippen LogP contribution in [0.2, 0.25) is 5.02 Å². The predicted molar refractivity (Wildman–Crippen MR) is 40.9 cm³/mol. The SMILES string of the molecule is COCn1cc(Cl)c([N+](=O)[O-])n1. The molecule has 0 amide bonds. The maximum absolute atomic E-state index is 10.2. The normalized spacial score (nSPS) is 10.2. The summed E-state index contributed by atoms with van der Waals surface area (Å²) in [5, 5.41) is 13.8. The van der Waals surface area contributed by atoms with Crippen LogP contribution in [-0.4, -0.2) is 21.8 Å². The molecular formula is C5H6ClN3O3. The Kier molecular flexibility index (Phi) is 2.61. The Morgan fingerprint density at radius 3 is 3.00 bits per heavy atom. The van der Waals surface area contributed by atoms with E-state index in [9.17, 15) is 10.1 Å². The van der Waals surface area contributed by atoms with Crippen molar-refractivity contribution in [2.24, 2.45) is 0 Å². The highest BCUT2D eigenvalue weighted by Gasteiger charge is 2.18. The first kappa shape index (κ1) is 8.95. The van der Waals surface area contributed by atoms with Crippen LogP contribution in [0.25, 0.3) is 0 Å². The molecule has 1 heterocycles. The van der Waals surface area contributed by atoms with Gasteiger partial charge in [-0.2, -0.15) is 4.68 Å². The summed E-state index contributed by atoms with van der Waals surface area (Å²) in [6.45, 7) is 0.146. The third-order valence-electron chi connectivity index (χ3n) is 1.13. The minimum absolute atomic E-state index is 0.0112. The Hall–Kier alpha value is -1.14. The minimum atomic E-state index is -0.644. The molecule has 0 N–H and O–H groups in total. The van der Waals surface area contributed by atoms with Gasteiger partial charge in [0.2, 0.25) is 0 Å². The second kappa shape index (κ2) is 3.51. The van der Waals surface area contributed by atoms with E-state index in [-0.39, 0.29) is 17.6 Å². The molecule has 1 rings (SSSR count). The lowest BCUT2D eigenvalue weighted by Gasteiger charge is -1.90. The first-order valence-corrected chi connectivity index (χ1v) is 3.39. The van der Waals surface area contributed by atoms with Crippen LogP contribution in [0.15, 0.2) is 6.20 Å². The monoisotopic (exact) mass is 191 g/mol. The molecule has 0 radical (unpaired) electrons. The third kappa shape index (κ3) is 1.72. The van der Waals surface area contributed by atoms with Gasteiger partial charge in [-0.25, -0.2) is 0 Å². The first-order valence-electron chi connectivity index (χ1n) is 3.01. The number of nitro groups is 1. The van der Waals surface area contributed by atoms with Crippen LogP contribution in [0.3, 0.4) is 0 Å². The topological polar surface area (TPSA) is 70.2 Å². The number of hydrogen-bond acceptors (Lipinski definition) is 4. The van der Waals surface area contributed by atoms with Crippen LogP contribution in [0.5, 0.6) is 0 Å². The largest absolute Gasteiger partial charge is 0.408 e. The van der Waals surface area contributed by atoms with Gasteiger partial charge in [0.05, 0.1) is 11.3 Å². The number of halogens is 1. The highest BCUT2D eigenvalue weighted by Crippen LogP contribution is 2.20. The van der Waals surface area contributed by atoms with Crippen molar-refractivity contribution in [3.63, 3.8) is 0 Å². The van der Waals surface area contributed by atoms with Crippen LogP contribution in [0.4, 0.5) is 5.82 Å². The molecule has 0 unspecified atom stereocenters. The van der Waals surface area contributed by atoms with Crippen molar-refractivity contribution in [1.29, 1.82) is 0 Å². The number of ether oxygens (including phenoxy) is 1. The molecule has 6 nitrogen and oxygen atoms in total. The summed E-state index contributed by atoms with van der Waals surface area (Å²) in [6.07, 6.45) is 1.34. The van der Waals surface area contributed by atoms with Crippen molar-refractivity contribution in [1.82, 2.24) is 9.78 Å². The van der Waals surface area contributed by atoms with Crippen LogP contribution < -0.4 is 0 Å². The summed E-state index contributed by atoms with van der Waals surface area (Å²) >= 11 is 5.50. The average molecular weight is 192 g/mol. The summed E-state index contributed by atoms with van der Waals surface area (Å²) in [6, 6.07) is 0. The van der Waals surface area contributed by atoms with Gasteiger partial charge in [-0.1, -0.05) is 11.6 Å². The zero-order valence-corrected chi connectivity index (χ0v) is 6.98. The van der Waals surface area contributed by atoms with E-state index in [0.717, 1.165) is 0 Å². The molecule has 0 aliphatic heterocycles. The molecule has 66 valence electrons. The second-order valence-electron chi connectivity index (χ2n) is 2.01. The van der Waals surface area contributed by atoms with Gasteiger partial charge in [-0.3, -0.25) is 0 Å². The van der Waals surface area contributed by atoms with Gasteiger partial charge in [0.25, 0.3) is 0 Å². The summed E-state index contributed by atoms with van der Waals surface area (Å²) in [5.74, 6) is -0.353. The Balaban J connectivity index is 2.92. The molecule has 0 saturated heterocycles. The average Bonchev–Trinajstić information content (AvgIpc) is 2.32. The predicted octanol–water partition coefficient (Wildman–Crippen LogP) is 1.05. The highest BCUT2D eigenvalue weighted by molar-refractivity contribution is 6.32. The molecule has 0 aliphatic carbocycles.